The van der Waals surface area contributed by atoms with Gasteiger partial charge in [0.1, 0.15) is 24.1 Å². The van der Waals surface area contributed by atoms with Gasteiger partial charge >= 0.3 is 0 Å². The molecule has 0 bridgehead atoms. The number of H-pyrrole nitrogens is 1. The molecule has 1 aliphatic carbocycles. The van der Waals surface area contributed by atoms with Crippen molar-refractivity contribution in [3.63, 3.8) is 0 Å². The summed E-state index contributed by atoms with van der Waals surface area (Å²) in [6, 6.07) is 5.49. The maximum absolute atomic E-state index is 13.6. The zero-order valence-corrected chi connectivity index (χ0v) is 20.7. The Morgan fingerprint density at radius 2 is 2.08 bits per heavy atom. The van der Waals surface area contributed by atoms with Crippen molar-refractivity contribution in [1.82, 2.24) is 20.5 Å². The molecule has 10 heteroatoms. The number of fused-ring (bicyclic) bond motifs is 2. The standard InChI is InChI=1S/C26H32N4O6/c1-26(2)15-11-30(25(35)18-10-14-16(28-18)5-4-6-20(14)36-3)22(21(15)26)24(34)29-17(19(32)12-31)9-13-7-8-27-23(13)33/h4-6,10,13,15,17,21-22,28,31H,7-9,11-12H2,1-3H3,(H,27,33)(H,29,34)/t13-,15-,17-,21-,22-/m0/s1. The van der Waals surface area contributed by atoms with E-state index in [1.807, 2.05) is 18.2 Å². The van der Waals surface area contributed by atoms with Gasteiger partial charge in [-0.15, -0.1) is 0 Å². The van der Waals surface area contributed by atoms with E-state index in [0.717, 1.165) is 10.9 Å². The van der Waals surface area contributed by atoms with E-state index in [-0.39, 0.29) is 35.5 Å². The predicted molar refractivity (Wildman–Crippen MR) is 130 cm³/mol. The highest BCUT2D eigenvalue weighted by molar-refractivity contribution is 6.02. The summed E-state index contributed by atoms with van der Waals surface area (Å²) in [5.74, 6) is -1.06. The summed E-state index contributed by atoms with van der Waals surface area (Å²) in [5, 5.41) is 15.8. The highest BCUT2D eigenvalue weighted by Gasteiger charge is 2.69. The van der Waals surface area contributed by atoms with Gasteiger partial charge in [-0.05, 0) is 48.3 Å². The lowest BCUT2D eigenvalue weighted by Gasteiger charge is -2.31. The van der Waals surface area contributed by atoms with Gasteiger partial charge in [0, 0.05) is 29.9 Å². The van der Waals surface area contributed by atoms with Gasteiger partial charge in [0.15, 0.2) is 5.78 Å². The summed E-state index contributed by atoms with van der Waals surface area (Å²) in [5.41, 5.74) is 1.01. The number of nitrogens with zero attached hydrogens (tertiary/aromatic N) is 1. The molecule has 5 atom stereocenters. The molecule has 192 valence electrons. The quantitative estimate of drug-likeness (QED) is 0.427. The molecule has 10 nitrogen and oxygen atoms in total. The average molecular weight is 497 g/mol. The van der Waals surface area contributed by atoms with Gasteiger partial charge in [0.05, 0.1) is 13.2 Å². The maximum atomic E-state index is 13.6. The first kappa shape index (κ1) is 24.3. The lowest BCUT2D eigenvalue weighted by atomic mass is 9.95. The van der Waals surface area contributed by atoms with Gasteiger partial charge in [-0.25, -0.2) is 0 Å². The number of hydrogen-bond donors (Lipinski definition) is 4. The normalized spacial score (nSPS) is 26.9. The van der Waals surface area contributed by atoms with Crippen molar-refractivity contribution < 1.29 is 29.0 Å². The van der Waals surface area contributed by atoms with Gasteiger partial charge < -0.3 is 30.4 Å². The molecule has 5 rings (SSSR count). The summed E-state index contributed by atoms with van der Waals surface area (Å²) in [7, 11) is 1.57. The number of likely N-dealkylation sites (tertiary alicyclic amines) is 1. The number of piperidine rings is 1. The van der Waals surface area contributed by atoms with E-state index in [2.05, 4.69) is 29.5 Å². The second kappa shape index (κ2) is 8.92. The fourth-order valence-corrected chi connectivity index (χ4v) is 6.16. The van der Waals surface area contributed by atoms with Crippen LogP contribution >= 0.6 is 0 Å². The fourth-order valence-electron chi connectivity index (χ4n) is 6.16. The molecule has 4 N–H and O–H groups in total. The number of aliphatic hydroxyl groups excluding tert-OH is 1. The van der Waals surface area contributed by atoms with Crippen LogP contribution in [0.3, 0.4) is 0 Å². The van der Waals surface area contributed by atoms with E-state index in [1.165, 1.54) is 0 Å². The van der Waals surface area contributed by atoms with E-state index in [1.54, 1.807) is 18.1 Å². The minimum atomic E-state index is -0.994. The number of carbonyl (C=O) groups excluding carboxylic acids is 4. The van der Waals surface area contributed by atoms with Crippen molar-refractivity contribution in [3.05, 3.63) is 30.0 Å². The molecule has 0 unspecified atom stereocenters. The average Bonchev–Trinajstić information content (AvgIpc) is 3.38. The highest BCUT2D eigenvalue weighted by atomic mass is 16.5. The number of rotatable bonds is 8. The van der Waals surface area contributed by atoms with Gasteiger partial charge in [-0.2, -0.15) is 0 Å². The van der Waals surface area contributed by atoms with Crippen molar-refractivity contribution in [2.75, 3.05) is 26.8 Å². The molecule has 0 radical (unpaired) electrons. The van der Waals surface area contributed by atoms with Crippen LogP contribution in [0.5, 0.6) is 5.75 Å². The van der Waals surface area contributed by atoms with E-state index in [4.69, 9.17) is 4.74 Å². The molecule has 0 spiro atoms. The number of aromatic amines is 1. The molecule has 2 aromatic rings. The van der Waals surface area contributed by atoms with Crippen LogP contribution in [-0.2, 0) is 14.4 Å². The minimum Gasteiger partial charge on any atom is -0.496 e. The Morgan fingerprint density at radius 3 is 2.75 bits per heavy atom. The number of nitrogens with one attached hydrogen (secondary N) is 3. The summed E-state index contributed by atoms with van der Waals surface area (Å²) in [6.07, 6.45) is 0.691. The third-order valence-corrected chi connectivity index (χ3v) is 8.36. The van der Waals surface area contributed by atoms with E-state index in [0.29, 0.717) is 31.0 Å². The zero-order chi connectivity index (χ0) is 25.8. The molecule has 2 saturated heterocycles. The lowest BCUT2D eigenvalue weighted by Crippen LogP contribution is -2.54. The number of amides is 3. The number of aromatic nitrogens is 1. The van der Waals surface area contributed by atoms with Crippen LogP contribution in [0.1, 0.15) is 37.2 Å². The third-order valence-electron chi connectivity index (χ3n) is 8.36. The van der Waals surface area contributed by atoms with Gasteiger partial charge in [-0.3, -0.25) is 19.2 Å². The fraction of sp³-hybridized carbons (Fsp3) is 0.538. The van der Waals surface area contributed by atoms with Crippen molar-refractivity contribution >= 4 is 34.4 Å². The smallest absolute Gasteiger partial charge is 0.271 e. The number of benzene rings is 1. The molecule has 3 amide bonds. The lowest BCUT2D eigenvalue weighted by molar-refractivity contribution is -0.133. The summed E-state index contributed by atoms with van der Waals surface area (Å²) in [4.78, 5) is 56.5. The van der Waals surface area contributed by atoms with Crippen LogP contribution in [0.2, 0.25) is 0 Å². The third kappa shape index (κ3) is 3.93. The topological polar surface area (TPSA) is 141 Å². The Labute approximate surface area is 208 Å². The Hall–Kier alpha value is -3.40. The van der Waals surface area contributed by atoms with Crippen LogP contribution in [0, 0.1) is 23.2 Å². The van der Waals surface area contributed by atoms with Crippen LogP contribution in [-0.4, -0.2) is 77.4 Å². The van der Waals surface area contributed by atoms with Gasteiger partial charge in [-0.1, -0.05) is 19.9 Å². The van der Waals surface area contributed by atoms with Crippen LogP contribution in [0.4, 0.5) is 0 Å². The molecular formula is C26H32N4O6. The number of carbonyl (C=O) groups is 4. The molecular weight excluding hydrogens is 464 g/mol. The Balaban J connectivity index is 1.39. The highest BCUT2D eigenvalue weighted by Crippen LogP contribution is 2.65. The second-order valence-electron chi connectivity index (χ2n) is 10.7. The van der Waals surface area contributed by atoms with E-state index >= 15 is 0 Å². The number of methoxy groups -OCH3 is 1. The number of ketones is 1. The first-order valence-corrected chi connectivity index (χ1v) is 12.4. The van der Waals surface area contributed by atoms with Crippen molar-refractivity contribution in [1.29, 1.82) is 0 Å². The number of hydrogen-bond acceptors (Lipinski definition) is 6. The molecule has 3 fully saturated rings. The van der Waals surface area contributed by atoms with E-state index in [9.17, 15) is 24.3 Å². The zero-order valence-electron chi connectivity index (χ0n) is 20.7. The number of ether oxygens (including phenoxy) is 1. The summed E-state index contributed by atoms with van der Waals surface area (Å²) < 4.78 is 5.41. The molecule has 36 heavy (non-hydrogen) atoms. The largest absolute Gasteiger partial charge is 0.496 e. The first-order valence-electron chi connectivity index (χ1n) is 12.4. The summed E-state index contributed by atoms with van der Waals surface area (Å²) >= 11 is 0. The Bertz CT molecular complexity index is 1240. The minimum absolute atomic E-state index is 0.0416. The SMILES string of the molecule is COc1cccc2[nH]c(C(=O)N3C[C@H]4[C@@H]([C@H]3C(=O)N[C@@H](C[C@@H]3CCNC3=O)C(=O)CO)C4(C)C)cc12. The maximum Gasteiger partial charge on any atom is 0.271 e. The predicted octanol–water partition coefficient (Wildman–Crippen LogP) is 0.846. The monoisotopic (exact) mass is 496 g/mol. The number of Topliss-reactive ketones (excluding diaryl/α,β-unsaturated/α-hetero) is 1. The second-order valence-corrected chi connectivity index (χ2v) is 10.7. The van der Waals surface area contributed by atoms with E-state index < -0.39 is 36.3 Å². The molecule has 1 aromatic carbocycles. The molecule has 1 aromatic heterocycles. The summed E-state index contributed by atoms with van der Waals surface area (Å²) in [6.45, 7) is 4.39. The molecule has 3 aliphatic rings. The van der Waals surface area contributed by atoms with Crippen molar-refractivity contribution in [2.24, 2.45) is 23.2 Å². The van der Waals surface area contributed by atoms with Gasteiger partial charge in [0.2, 0.25) is 11.8 Å². The van der Waals surface area contributed by atoms with Crippen molar-refractivity contribution in [3.8, 4) is 5.75 Å². The Morgan fingerprint density at radius 1 is 1.31 bits per heavy atom. The van der Waals surface area contributed by atoms with Gasteiger partial charge in [0.25, 0.3) is 5.91 Å². The van der Waals surface area contributed by atoms with Crippen LogP contribution in [0.25, 0.3) is 10.9 Å². The first-order chi connectivity index (χ1) is 17.2. The Kier molecular flexibility index (Phi) is 6.02. The van der Waals surface area contributed by atoms with Crippen LogP contribution in [0.15, 0.2) is 24.3 Å². The van der Waals surface area contributed by atoms with Crippen LogP contribution < -0.4 is 15.4 Å². The molecule has 2 aliphatic heterocycles. The molecule has 3 heterocycles. The number of aliphatic hydroxyl groups is 1. The molecule has 1 saturated carbocycles. The van der Waals surface area contributed by atoms with Crippen molar-refractivity contribution in [2.45, 2.75) is 38.8 Å².